The number of rotatable bonds is 1. The summed E-state index contributed by atoms with van der Waals surface area (Å²) in [4.78, 5) is 31.1. The number of nitrogens with one attached hydrogen (secondary N) is 2. The number of hydrogen-bond acceptors (Lipinski definition) is 4. The number of likely N-dealkylation sites (N-methyl/N-ethyl adjacent to an activating group) is 1. The van der Waals surface area contributed by atoms with Crippen LogP contribution in [0, 0.1) is 6.92 Å². The summed E-state index contributed by atoms with van der Waals surface area (Å²) in [6, 6.07) is 24.0. The largest absolute Gasteiger partial charge is 0.324 e. The third-order valence-electron chi connectivity index (χ3n) is 7.17. The zero-order valence-electron chi connectivity index (χ0n) is 17.9. The van der Waals surface area contributed by atoms with Gasteiger partial charge in [0.1, 0.15) is 4.75 Å². The van der Waals surface area contributed by atoms with E-state index < -0.39 is 10.3 Å². The predicted octanol–water partition coefficient (Wildman–Crippen LogP) is 4.35. The summed E-state index contributed by atoms with van der Waals surface area (Å²) in [5.41, 5.74) is 3.55. The van der Waals surface area contributed by atoms with E-state index in [9.17, 15) is 9.59 Å². The Morgan fingerprint density at radius 3 is 2.31 bits per heavy atom. The van der Waals surface area contributed by atoms with E-state index in [0.29, 0.717) is 6.54 Å². The first-order valence-electron chi connectivity index (χ1n) is 10.8. The Hall–Kier alpha value is -3.09. The normalized spacial score (nSPS) is 28.5. The van der Waals surface area contributed by atoms with Gasteiger partial charge in [-0.3, -0.25) is 14.5 Å². The number of carbonyl (C=O) groups excluding carboxylic acids is 2. The van der Waals surface area contributed by atoms with E-state index in [1.165, 1.54) is 17.3 Å². The van der Waals surface area contributed by atoms with E-state index in [4.69, 9.17) is 0 Å². The van der Waals surface area contributed by atoms with Crippen LogP contribution in [0.25, 0.3) is 0 Å². The zero-order valence-corrected chi connectivity index (χ0v) is 18.7. The number of benzene rings is 3. The standard InChI is InChI=1S/C26H23N3O2S/c1-16-11-13-17(14-12-16)19-15-29(2)25(18-7-3-4-8-20(18)27-23(25)30)26(19)24(31)28-21-9-5-6-10-22(21)32-26/h3-14,19H,15H2,1-2H3,(H,27,30)(H,28,31)/t19-,25+,26-/m1/s1. The number of likely N-dealkylation sites (tertiary alicyclic amines) is 1. The van der Waals surface area contributed by atoms with E-state index >= 15 is 0 Å². The van der Waals surface area contributed by atoms with E-state index in [1.54, 1.807) is 0 Å². The summed E-state index contributed by atoms with van der Waals surface area (Å²) in [5, 5.41) is 6.24. The Labute approximate surface area is 191 Å². The SMILES string of the molecule is Cc1ccc([C@H]2CN(C)[C@@]3(C(=O)Nc4ccccc43)[C@@]23Sc2ccccc2NC3=O)cc1. The maximum absolute atomic E-state index is 14.2. The Morgan fingerprint density at radius 2 is 1.53 bits per heavy atom. The lowest BCUT2D eigenvalue weighted by Crippen LogP contribution is -2.64. The fraction of sp³-hybridized carbons (Fsp3) is 0.231. The first-order chi connectivity index (χ1) is 15.5. The molecule has 0 aromatic heterocycles. The maximum atomic E-state index is 14.2. The van der Waals surface area contributed by atoms with Gasteiger partial charge in [-0.05, 0) is 37.7 Å². The van der Waals surface area contributed by atoms with Crippen molar-refractivity contribution in [2.75, 3.05) is 24.2 Å². The van der Waals surface area contributed by atoms with Crippen LogP contribution in [0.4, 0.5) is 11.4 Å². The summed E-state index contributed by atoms with van der Waals surface area (Å²) in [7, 11) is 1.96. The lowest BCUT2D eigenvalue weighted by molar-refractivity contribution is -0.132. The number of carbonyl (C=O) groups is 2. The molecular formula is C26H23N3O2S. The second-order valence-corrected chi connectivity index (χ2v) is 10.1. The average Bonchev–Trinajstić information content (AvgIpc) is 3.24. The lowest BCUT2D eigenvalue weighted by atomic mass is 9.72. The van der Waals surface area contributed by atoms with Crippen molar-refractivity contribution in [1.29, 1.82) is 0 Å². The molecule has 2 N–H and O–H groups in total. The molecule has 5 nitrogen and oxygen atoms in total. The molecule has 0 saturated carbocycles. The van der Waals surface area contributed by atoms with E-state index in [-0.39, 0.29) is 17.7 Å². The molecule has 0 aliphatic carbocycles. The molecule has 0 unspecified atom stereocenters. The van der Waals surface area contributed by atoms with E-state index in [0.717, 1.165) is 27.4 Å². The lowest BCUT2D eigenvalue weighted by Gasteiger charge is -2.47. The van der Waals surface area contributed by atoms with Crippen molar-refractivity contribution in [3.63, 3.8) is 0 Å². The molecule has 6 rings (SSSR count). The molecule has 1 saturated heterocycles. The molecule has 0 bridgehead atoms. The Bertz CT molecular complexity index is 1270. The molecule has 160 valence electrons. The molecule has 3 aromatic rings. The fourth-order valence-corrected chi connectivity index (χ4v) is 7.49. The van der Waals surface area contributed by atoms with Gasteiger partial charge in [0.15, 0.2) is 5.54 Å². The minimum atomic E-state index is -1.12. The Kier molecular flexibility index (Phi) is 4.10. The second kappa shape index (κ2) is 6.70. The number of hydrogen-bond donors (Lipinski definition) is 2. The minimum absolute atomic E-state index is 0.122. The summed E-state index contributed by atoms with van der Waals surface area (Å²) >= 11 is 1.53. The zero-order chi connectivity index (χ0) is 22.1. The highest BCUT2D eigenvalue weighted by atomic mass is 32.2. The van der Waals surface area contributed by atoms with Crippen LogP contribution in [0.3, 0.4) is 0 Å². The first-order valence-corrected chi connectivity index (χ1v) is 11.6. The van der Waals surface area contributed by atoms with E-state index in [1.807, 2.05) is 55.6 Å². The molecule has 3 aliphatic rings. The van der Waals surface area contributed by atoms with Crippen molar-refractivity contribution in [2.24, 2.45) is 0 Å². The van der Waals surface area contributed by atoms with Crippen molar-refractivity contribution in [1.82, 2.24) is 4.90 Å². The van der Waals surface area contributed by atoms with Gasteiger partial charge in [-0.1, -0.05) is 60.2 Å². The monoisotopic (exact) mass is 441 g/mol. The van der Waals surface area contributed by atoms with Gasteiger partial charge in [0, 0.05) is 28.6 Å². The van der Waals surface area contributed by atoms with Crippen LogP contribution in [-0.2, 0) is 15.1 Å². The van der Waals surface area contributed by atoms with Gasteiger partial charge in [-0.15, -0.1) is 11.8 Å². The third kappa shape index (κ3) is 2.29. The van der Waals surface area contributed by atoms with Gasteiger partial charge in [-0.25, -0.2) is 0 Å². The number of thioether (sulfide) groups is 1. The molecule has 0 radical (unpaired) electrons. The average molecular weight is 442 g/mol. The number of fused-ring (bicyclic) bond motifs is 4. The maximum Gasteiger partial charge on any atom is 0.251 e. The summed E-state index contributed by atoms with van der Waals surface area (Å²) in [6.07, 6.45) is 0. The van der Waals surface area contributed by atoms with Crippen LogP contribution >= 0.6 is 11.8 Å². The number of para-hydroxylation sites is 2. The first kappa shape index (κ1) is 19.6. The number of aryl methyl sites for hydroxylation is 1. The predicted molar refractivity (Wildman–Crippen MR) is 127 cm³/mol. The van der Waals surface area contributed by atoms with Gasteiger partial charge in [-0.2, -0.15) is 0 Å². The van der Waals surface area contributed by atoms with Crippen molar-refractivity contribution >= 4 is 35.0 Å². The molecule has 3 heterocycles. The van der Waals surface area contributed by atoms with Crippen LogP contribution in [0.1, 0.15) is 22.6 Å². The number of nitrogens with zero attached hydrogens (tertiary/aromatic N) is 1. The Balaban J connectivity index is 1.66. The summed E-state index contributed by atoms with van der Waals surface area (Å²) in [6.45, 7) is 2.65. The van der Waals surface area contributed by atoms with Gasteiger partial charge in [0.05, 0.1) is 5.69 Å². The third-order valence-corrected chi connectivity index (χ3v) is 8.84. The molecule has 6 heteroatoms. The topological polar surface area (TPSA) is 61.4 Å². The van der Waals surface area contributed by atoms with Crippen LogP contribution in [0.15, 0.2) is 77.7 Å². The molecule has 3 atom stereocenters. The molecule has 2 spiro atoms. The number of amides is 2. The summed E-state index contributed by atoms with van der Waals surface area (Å²) in [5.74, 6) is -0.441. The minimum Gasteiger partial charge on any atom is -0.324 e. The van der Waals surface area contributed by atoms with Crippen LogP contribution < -0.4 is 10.6 Å². The molecular weight excluding hydrogens is 418 g/mol. The van der Waals surface area contributed by atoms with Crippen molar-refractivity contribution in [2.45, 2.75) is 28.0 Å². The van der Waals surface area contributed by atoms with Gasteiger partial charge < -0.3 is 10.6 Å². The molecule has 3 aromatic carbocycles. The molecule has 1 fully saturated rings. The summed E-state index contributed by atoms with van der Waals surface area (Å²) < 4.78 is -1.07. The second-order valence-electron chi connectivity index (χ2n) is 8.84. The van der Waals surface area contributed by atoms with Crippen LogP contribution in [-0.4, -0.2) is 35.1 Å². The Morgan fingerprint density at radius 1 is 0.875 bits per heavy atom. The van der Waals surface area contributed by atoms with Crippen molar-refractivity contribution in [3.8, 4) is 0 Å². The smallest absolute Gasteiger partial charge is 0.251 e. The van der Waals surface area contributed by atoms with Crippen LogP contribution in [0.5, 0.6) is 0 Å². The quantitative estimate of drug-likeness (QED) is 0.589. The highest BCUT2D eigenvalue weighted by Gasteiger charge is 2.75. The van der Waals surface area contributed by atoms with Crippen LogP contribution in [0.2, 0.25) is 0 Å². The molecule has 2 amide bonds. The van der Waals surface area contributed by atoms with Gasteiger partial charge in [0.2, 0.25) is 5.91 Å². The van der Waals surface area contributed by atoms with Crippen molar-refractivity contribution < 1.29 is 9.59 Å². The highest BCUT2D eigenvalue weighted by molar-refractivity contribution is 8.02. The van der Waals surface area contributed by atoms with Gasteiger partial charge in [0.25, 0.3) is 5.91 Å². The highest BCUT2D eigenvalue weighted by Crippen LogP contribution is 2.66. The van der Waals surface area contributed by atoms with E-state index in [2.05, 4.69) is 46.7 Å². The molecule has 32 heavy (non-hydrogen) atoms. The number of anilines is 2. The van der Waals surface area contributed by atoms with Gasteiger partial charge >= 0.3 is 0 Å². The molecule has 3 aliphatic heterocycles. The van der Waals surface area contributed by atoms with Crippen molar-refractivity contribution in [3.05, 3.63) is 89.5 Å². The fourth-order valence-electron chi connectivity index (χ4n) is 5.77.